The van der Waals surface area contributed by atoms with E-state index in [4.69, 9.17) is 5.26 Å². The van der Waals surface area contributed by atoms with Crippen LogP contribution in [-0.4, -0.2) is 39.6 Å². The third kappa shape index (κ3) is 4.92. The number of urea groups is 1. The van der Waals surface area contributed by atoms with Gasteiger partial charge in [-0.1, -0.05) is 18.2 Å². The molecule has 2 amide bonds. The van der Waals surface area contributed by atoms with Crippen molar-refractivity contribution >= 4 is 11.7 Å². The fourth-order valence-corrected chi connectivity index (χ4v) is 3.68. The van der Waals surface area contributed by atoms with Crippen molar-refractivity contribution in [3.05, 3.63) is 83.4 Å². The molecule has 1 aromatic heterocycles. The molecule has 2 heterocycles. The molecule has 1 atom stereocenters. The number of carbonyl (C=O) groups excluding carboxylic acids is 1. The Balaban J connectivity index is 1.30. The lowest BCUT2D eigenvalue weighted by atomic mass is 10.1. The van der Waals surface area contributed by atoms with Gasteiger partial charge in [-0.05, 0) is 36.2 Å². The number of para-hydroxylation sites is 1. The standard InChI is InChI=1S/C23H22F2N6O/c24-20-2-1-3-21(25)22(20)29-23(32)30-9-8-18(14-30)28-12-19-11-27-15-31(19)13-17-6-4-16(10-26)5-7-17/h1-7,11,15,18,28H,8-9,12-14H2,(H,29,32)/t18-/m1/s1. The van der Waals surface area contributed by atoms with Crippen LogP contribution in [0.2, 0.25) is 0 Å². The summed E-state index contributed by atoms with van der Waals surface area (Å²) >= 11 is 0. The van der Waals surface area contributed by atoms with Crippen molar-refractivity contribution in [3.63, 3.8) is 0 Å². The van der Waals surface area contributed by atoms with Crippen LogP contribution >= 0.6 is 0 Å². The van der Waals surface area contributed by atoms with E-state index in [0.717, 1.165) is 29.8 Å². The fraction of sp³-hybridized carbons (Fsp3) is 0.261. The molecule has 2 aromatic carbocycles. The zero-order valence-electron chi connectivity index (χ0n) is 17.3. The van der Waals surface area contributed by atoms with Gasteiger partial charge < -0.3 is 20.1 Å². The summed E-state index contributed by atoms with van der Waals surface area (Å²) in [5.74, 6) is -1.61. The molecule has 1 aliphatic heterocycles. The van der Waals surface area contributed by atoms with Crippen LogP contribution in [0.25, 0.3) is 0 Å². The van der Waals surface area contributed by atoms with Crippen LogP contribution < -0.4 is 10.6 Å². The summed E-state index contributed by atoms with van der Waals surface area (Å²) in [4.78, 5) is 18.2. The van der Waals surface area contributed by atoms with Gasteiger partial charge in [0, 0.05) is 38.4 Å². The molecule has 4 rings (SSSR count). The Labute approximate surface area is 184 Å². The number of aromatic nitrogens is 2. The number of nitrogens with one attached hydrogen (secondary N) is 2. The van der Waals surface area contributed by atoms with E-state index in [2.05, 4.69) is 21.7 Å². The second-order valence-corrected chi connectivity index (χ2v) is 7.66. The van der Waals surface area contributed by atoms with Crippen LogP contribution in [0.3, 0.4) is 0 Å². The van der Waals surface area contributed by atoms with Crippen molar-refractivity contribution in [2.45, 2.75) is 25.6 Å². The van der Waals surface area contributed by atoms with Gasteiger partial charge in [-0.3, -0.25) is 0 Å². The predicted molar refractivity (Wildman–Crippen MR) is 115 cm³/mol. The third-order valence-corrected chi connectivity index (χ3v) is 5.48. The first-order valence-corrected chi connectivity index (χ1v) is 10.2. The van der Waals surface area contributed by atoms with Gasteiger partial charge in [-0.2, -0.15) is 5.26 Å². The van der Waals surface area contributed by atoms with Gasteiger partial charge in [0.1, 0.15) is 17.3 Å². The summed E-state index contributed by atoms with van der Waals surface area (Å²) in [5, 5.41) is 14.7. The van der Waals surface area contributed by atoms with Gasteiger partial charge in [-0.25, -0.2) is 18.6 Å². The maximum atomic E-state index is 13.8. The number of benzene rings is 2. The van der Waals surface area contributed by atoms with Gasteiger partial charge >= 0.3 is 6.03 Å². The molecule has 0 spiro atoms. The molecule has 0 saturated carbocycles. The fourth-order valence-electron chi connectivity index (χ4n) is 3.68. The average Bonchev–Trinajstić information content (AvgIpc) is 3.45. The second kappa shape index (κ2) is 9.58. The summed E-state index contributed by atoms with van der Waals surface area (Å²) in [7, 11) is 0. The van der Waals surface area contributed by atoms with Gasteiger partial charge in [0.25, 0.3) is 0 Å². The number of halogens is 2. The van der Waals surface area contributed by atoms with Crippen LogP contribution in [0.15, 0.2) is 55.0 Å². The van der Waals surface area contributed by atoms with E-state index in [1.807, 2.05) is 16.7 Å². The van der Waals surface area contributed by atoms with Crippen molar-refractivity contribution in [2.75, 3.05) is 18.4 Å². The smallest absolute Gasteiger partial charge is 0.322 e. The highest BCUT2D eigenvalue weighted by atomic mass is 19.1. The molecule has 2 N–H and O–H groups in total. The highest BCUT2D eigenvalue weighted by molar-refractivity contribution is 5.89. The topological polar surface area (TPSA) is 86.0 Å². The number of imidazole rings is 1. The average molecular weight is 436 g/mol. The number of amides is 2. The molecule has 164 valence electrons. The van der Waals surface area contributed by atoms with Crippen LogP contribution in [-0.2, 0) is 13.1 Å². The maximum Gasteiger partial charge on any atom is 0.322 e. The van der Waals surface area contributed by atoms with Gasteiger partial charge in [0.05, 0.1) is 23.7 Å². The van der Waals surface area contributed by atoms with Crippen molar-refractivity contribution < 1.29 is 13.6 Å². The zero-order chi connectivity index (χ0) is 22.5. The number of likely N-dealkylation sites (tertiary alicyclic amines) is 1. The highest BCUT2D eigenvalue weighted by Crippen LogP contribution is 2.20. The number of hydrogen-bond donors (Lipinski definition) is 2. The van der Waals surface area contributed by atoms with E-state index in [1.165, 1.54) is 11.0 Å². The molecular formula is C23H22F2N6O. The van der Waals surface area contributed by atoms with E-state index in [0.29, 0.717) is 31.7 Å². The SMILES string of the molecule is N#Cc1ccc(Cn2cncc2CN[C@@H]2CCN(C(=O)Nc3c(F)cccc3F)C2)cc1. The number of nitriles is 1. The van der Waals surface area contributed by atoms with Crippen molar-refractivity contribution in [2.24, 2.45) is 0 Å². The Hall–Kier alpha value is -3.77. The lowest BCUT2D eigenvalue weighted by Gasteiger charge is -2.18. The Morgan fingerprint density at radius 2 is 1.94 bits per heavy atom. The first kappa shape index (κ1) is 21.5. The number of nitrogens with zero attached hydrogens (tertiary/aromatic N) is 4. The van der Waals surface area contributed by atoms with Crippen molar-refractivity contribution in [1.82, 2.24) is 19.8 Å². The molecule has 9 heteroatoms. The summed E-state index contributed by atoms with van der Waals surface area (Å²) in [6.45, 7) is 2.13. The Kier molecular flexibility index (Phi) is 6.42. The number of hydrogen-bond acceptors (Lipinski definition) is 4. The van der Waals surface area contributed by atoms with Crippen molar-refractivity contribution in [3.8, 4) is 6.07 Å². The molecule has 0 bridgehead atoms. The first-order chi connectivity index (χ1) is 15.5. The van der Waals surface area contributed by atoms with E-state index < -0.39 is 23.4 Å². The largest absolute Gasteiger partial charge is 0.329 e. The molecule has 0 aliphatic carbocycles. The minimum absolute atomic E-state index is 0.0597. The number of carbonyl (C=O) groups is 1. The monoisotopic (exact) mass is 436 g/mol. The Morgan fingerprint density at radius 1 is 1.19 bits per heavy atom. The van der Waals surface area contributed by atoms with Crippen LogP contribution in [0.5, 0.6) is 0 Å². The molecule has 1 saturated heterocycles. The molecule has 7 nitrogen and oxygen atoms in total. The van der Waals surface area contributed by atoms with Gasteiger partial charge in [0.2, 0.25) is 0 Å². The second-order valence-electron chi connectivity index (χ2n) is 7.66. The summed E-state index contributed by atoms with van der Waals surface area (Å²) < 4.78 is 29.6. The summed E-state index contributed by atoms with van der Waals surface area (Å²) in [5.41, 5.74) is 2.24. The minimum atomic E-state index is -0.803. The summed E-state index contributed by atoms with van der Waals surface area (Å²) in [6, 6.07) is 12.5. The van der Waals surface area contributed by atoms with E-state index in [9.17, 15) is 13.6 Å². The van der Waals surface area contributed by atoms with Gasteiger partial charge in [0.15, 0.2) is 0 Å². The predicted octanol–water partition coefficient (Wildman–Crippen LogP) is 3.48. The van der Waals surface area contributed by atoms with E-state index >= 15 is 0 Å². The van der Waals surface area contributed by atoms with Gasteiger partial charge in [-0.15, -0.1) is 0 Å². The molecule has 32 heavy (non-hydrogen) atoms. The summed E-state index contributed by atoms with van der Waals surface area (Å²) in [6.07, 6.45) is 4.28. The highest BCUT2D eigenvalue weighted by Gasteiger charge is 2.27. The molecule has 1 fully saturated rings. The van der Waals surface area contributed by atoms with Crippen LogP contribution in [0.1, 0.15) is 23.2 Å². The van der Waals surface area contributed by atoms with Crippen LogP contribution in [0.4, 0.5) is 19.3 Å². The first-order valence-electron chi connectivity index (χ1n) is 10.2. The third-order valence-electron chi connectivity index (χ3n) is 5.48. The maximum absolute atomic E-state index is 13.8. The number of anilines is 1. The lowest BCUT2D eigenvalue weighted by Crippen LogP contribution is -2.37. The van der Waals surface area contributed by atoms with Crippen LogP contribution in [0, 0.1) is 23.0 Å². The molecular weight excluding hydrogens is 414 g/mol. The molecule has 0 unspecified atom stereocenters. The molecule has 1 aliphatic rings. The number of rotatable bonds is 6. The molecule has 3 aromatic rings. The zero-order valence-corrected chi connectivity index (χ0v) is 17.3. The molecule has 0 radical (unpaired) electrons. The Bertz CT molecular complexity index is 1120. The van der Waals surface area contributed by atoms with E-state index in [1.54, 1.807) is 24.7 Å². The minimum Gasteiger partial charge on any atom is -0.329 e. The lowest BCUT2D eigenvalue weighted by molar-refractivity contribution is 0.221. The normalized spacial score (nSPS) is 15.5. The quantitative estimate of drug-likeness (QED) is 0.620. The van der Waals surface area contributed by atoms with E-state index in [-0.39, 0.29) is 6.04 Å². The Morgan fingerprint density at radius 3 is 2.66 bits per heavy atom. The van der Waals surface area contributed by atoms with Crippen molar-refractivity contribution in [1.29, 1.82) is 5.26 Å².